The van der Waals surface area contributed by atoms with Crippen LogP contribution >= 0.6 is 11.3 Å². The lowest BCUT2D eigenvalue weighted by Gasteiger charge is -2.24. The number of hydrogen-bond donors (Lipinski definition) is 0. The summed E-state index contributed by atoms with van der Waals surface area (Å²) < 4.78 is 0. The molecule has 0 bridgehead atoms. The van der Waals surface area contributed by atoms with Crippen molar-refractivity contribution in [3.05, 3.63) is 76.7 Å². The third-order valence-electron chi connectivity index (χ3n) is 6.36. The van der Waals surface area contributed by atoms with Crippen LogP contribution in [-0.4, -0.2) is 46.9 Å². The van der Waals surface area contributed by atoms with Gasteiger partial charge < -0.3 is 4.90 Å². The molecule has 1 atom stereocenters. The Morgan fingerprint density at radius 3 is 2.48 bits per heavy atom. The predicted molar refractivity (Wildman–Crippen MR) is 117 cm³/mol. The first-order valence-electron chi connectivity index (χ1n) is 10.3. The third kappa shape index (κ3) is 3.85. The zero-order chi connectivity index (χ0) is 19.7. The lowest BCUT2D eigenvalue weighted by atomic mass is 9.86. The van der Waals surface area contributed by atoms with Crippen LogP contribution in [0.2, 0.25) is 0 Å². The van der Waals surface area contributed by atoms with Gasteiger partial charge in [-0.05, 0) is 36.1 Å². The van der Waals surface area contributed by atoms with Gasteiger partial charge in [-0.2, -0.15) is 0 Å². The average Bonchev–Trinajstić information content (AvgIpc) is 3.51. The van der Waals surface area contributed by atoms with Crippen molar-refractivity contribution in [2.24, 2.45) is 5.41 Å². The molecule has 0 saturated carbocycles. The fraction of sp³-hybridized carbons (Fsp3) is 0.333. The zero-order valence-corrected chi connectivity index (χ0v) is 17.3. The van der Waals surface area contributed by atoms with E-state index in [2.05, 4.69) is 64.5 Å². The van der Waals surface area contributed by atoms with Crippen LogP contribution in [-0.2, 0) is 6.54 Å². The molecule has 2 fully saturated rings. The van der Waals surface area contributed by atoms with Crippen molar-refractivity contribution in [1.29, 1.82) is 0 Å². The van der Waals surface area contributed by atoms with Gasteiger partial charge in [0, 0.05) is 37.0 Å². The molecular weight excluding hydrogens is 378 g/mol. The Balaban J connectivity index is 1.20. The highest BCUT2D eigenvalue weighted by Gasteiger charge is 2.44. The van der Waals surface area contributed by atoms with Crippen molar-refractivity contribution >= 4 is 17.2 Å². The molecule has 1 amide bonds. The number of hydrogen-bond acceptors (Lipinski definition) is 4. The van der Waals surface area contributed by atoms with Gasteiger partial charge in [-0.15, -0.1) is 11.3 Å². The lowest BCUT2D eigenvalue weighted by Crippen LogP contribution is -2.34. The lowest BCUT2D eigenvalue weighted by molar-refractivity contribution is 0.0768. The molecule has 4 nitrogen and oxygen atoms in total. The van der Waals surface area contributed by atoms with E-state index in [1.54, 1.807) is 5.51 Å². The topological polar surface area (TPSA) is 36.4 Å². The van der Waals surface area contributed by atoms with E-state index in [9.17, 15) is 4.79 Å². The first-order chi connectivity index (χ1) is 14.2. The van der Waals surface area contributed by atoms with Gasteiger partial charge in [0.2, 0.25) is 0 Å². The van der Waals surface area contributed by atoms with E-state index in [4.69, 9.17) is 0 Å². The van der Waals surface area contributed by atoms with E-state index in [0.717, 1.165) is 39.1 Å². The first kappa shape index (κ1) is 18.5. The Bertz CT molecular complexity index is 971. The summed E-state index contributed by atoms with van der Waals surface area (Å²) in [4.78, 5) is 21.4. The van der Waals surface area contributed by atoms with E-state index < -0.39 is 0 Å². The van der Waals surface area contributed by atoms with Gasteiger partial charge in [0.1, 0.15) is 5.69 Å². The molecule has 1 aromatic heterocycles. The molecule has 2 saturated heterocycles. The standard InChI is InChI=1S/C24H25N3OS/c28-23(22-15-29-18-25-22)27-13-11-24(17-27)10-12-26(16-24)14-19-6-8-21(9-7-19)20-4-2-1-3-5-20/h1-9,15,18H,10-14,16-17H2/t24-/m0/s1. The fourth-order valence-electron chi connectivity index (χ4n) is 4.78. The van der Waals surface area contributed by atoms with Crippen molar-refractivity contribution in [2.45, 2.75) is 19.4 Å². The summed E-state index contributed by atoms with van der Waals surface area (Å²) in [5.74, 6) is 0.0954. The maximum atomic E-state index is 12.6. The highest BCUT2D eigenvalue weighted by molar-refractivity contribution is 7.07. The molecule has 148 valence electrons. The quantitative estimate of drug-likeness (QED) is 0.641. The van der Waals surface area contributed by atoms with Crippen molar-refractivity contribution in [1.82, 2.24) is 14.8 Å². The van der Waals surface area contributed by atoms with E-state index in [1.165, 1.54) is 34.4 Å². The maximum absolute atomic E-state index is 12.6. The van der Waals surface area contributed by atoms with Crippen molar-refractivity contribution in [3.8, 4) is 11.1 Å². The van der Waals surface area contributed by atoms with Crippen LogP contribution in [0.15, 0.2) is 65.5 Å². The number of carbonyl (C=O) groups excluding carboxylic acids is 1. The Labute approximate surface area is 175 Å². The summed E-state index contributed by atoms with van der Waals surface area (Å²) in [5, 5.41) is 1.85. The van der Waals surface area contributed by atoms with Crippen LogP contribution in [0.4, 0.5) is 0 Å². The van der Waals surface area contributed by atoms with Gasteiger partial charge >= 0.3 is 0 Å². The van der Waals surface area contributed by atoms with Gasteiger partial charge in [0.25, 0.3) is 5.91 Å². The number of nitrogens with zero attached hydrogens (tertiary/aromatic N) is 3. The molecule has 0 unspecified atom stereocenters. The highest BCUT2D eigenvalue weighted by Crippen LogP contribution is 2.40. The second-order valence-electron chi connectivity index (χ2n) is 8.37. The maximum Gasteiger partial charge on any atom is 0.273 e. The molecule has 2 aliphatic heterocycles. The average molecular weight is 404 g/mol. The van der Waals surface area contributed by atoms with Crippen molar-refractivity contribution in [3.63, 3.8) is 0 Å². The van der Waals surface area contributed by atoms with Crippen LogP contribution < -0.4 is 0 Å². The number of benzene rings is 2. The molecule has 3 heterocycles. The number of amides is 1. The minimum atomic E-state index is 0.0954. The number of rotatable bonds is 4. The molecule has 0 aliphatic carbocycles. The monoisotopic (exact) mass is 403 g/mol. The van der Waals surface area contributed by atoms with Crippen LogP contribution in [0.25, 0.3) is 11.1 Å². The molecule has 1 spiro atoms. The summed E-state index contributed by atoms with van der Waals surface area (Å²) in [6.45, 7) is 4.90. The van der Waals surface area contributed by atoms with Gasteiger partial charge in [-0.1, -0.05) is 54.6 Å². The molecule has 0 radical (unpaired) electrons. The second kappa shape index (κ2) is 7.73. The fourth-order valence-corrected chi connectivity index (χ4v) is 5.30. The van der Waals surface area contributed by atoms with Crippen molar-refractivity contribution in [2.75, 3.05) is 26.2 Å². The molecule has 2 aromatic carbocycles. The van der Waals surface area contributed by atoms with Crippen LogP contribution in [0.3, 0.4) is 0 Å². The number of aromatic nitrogens is 1. The van der Waals surface area contributed by atoms with E-state index >= 15 is 0 Å². The van der Waals surface area contributed by atoms with Crippen LogP contribution in [0, 0.1) is 5.41 Å². The largest absolute Gasteiger partial charge is 0.337 e. The van der Waals surface area contributed by atoms with E-state index in [-0.39, 0.29) is 11.3 Å². The summed E-state index contributed by atoms with van der Waals surface area (Å²) in [6.07, 6.45) is 2.28. The van der Waals surface area contributed by atoms with Crippen LogP contribution in [0.1, 0.15) is 28.9 Å². The molecule has 3 aromatic rings. The Kier molecular flexibility index (Phi) is 4.94. The Hall–Kier alpha value is -2.50. The van der Waals surface area contributed by atoms with Gasteiger partial charge in [-0.3, -0.25) is 9.69 Å². The summed E-state index contributed by atoms with van der Waals surface area (Å²) >= 11 is 1.48. The molecule has 5 rings (SSSR count). The minimum absolute atomic E-state index is 0.0954. The van der Waals surface area contributed by atoms with E-state index in [0.29, 0.717) is 5.69 Å². The van der Waals surface area contributed by atoms with Gasteiger partial charge in [-0.25, -0.2) is 4.98 Å². The first-order valence-corrected chi connectivity index (χ1v) is 11.2. The molecular formula is C24H25N3OS. The molecule has 29 heavy (non-hydrogen) atoms. The smallest absolute Gasteiger partial charge is 0.273 e. The Morgan fingerprint density at radius 1 is 0.966 bits per heavy atom. The summed E-state index contributed by atoms with van der Waals surface area (Å²) in [5.41, 5.74) is 6.47. The van der Waals surface area contributed by atoms with Gasteiger partial charge in [0.05, 0.1) is 5.51 Å². The highest BCUT2D eigenvalue weighted by atomic mass is 32.1. The van der Waals surface area contributed by atoms with E-state index in [1.807, 2.05) is 10.3 Å². The molecule has 0 N–H and O–H groups in total. The number of thiazole rings is 1. The normalized spacial score (nSPS) is 21.9. The number of carbonyl (C=O) groups is 1. The predicted octanol–water partition coefficient (Wildman–Crippen LogP) is 4.55. The van der Waals surface area contributed by atoms with Crippen LogP contribution in [0.5, 0.6) is 0 Å². The second-order valence-corrected chi connectivity index (χ2v) is 9.09. The van der Waals surface area contributed by atoms with Crippen molar-refractivity contribution < 1.29 is 4.79 Å². The molecule has 2 aliphatic rings. The molecule has 5 heteroatoms. The zero-order valence-electron chi connectivity index (χ0n) is 16.5. The Morgan fingerprint density at radius 2 is 1.72 bits per heavy atom. The van der Waals surface area contributed by atoms with Gasteiger partial charge in [0.15, 0.2) is 0 Å². The summed E-state index contributed by atoms with van der Waals surface area (Å²) in [6, 6.07) is 19.5. The third-order valence-corrected chi connectivity index (χ3v) is 6.95. The SMILES string of the molecule is O=C(c1cscn1)N1CC[C@]2(CCN(Cc3ccc(-c4ccccc4)cc3)C2)C1. The number of likely N-dealkylation sites (tertiary alicyclic amines) is 2. The summed E-state index contributed by atoms with van der Waals surface area (Å²) in [7, 11) is 0. The minimum Gasteiger partial charge on any atom is -0.337 e.